The normalized spacial score (nSPS) is 15.7. The van der Waals surface area contributed by atoms with Crippen molar-refractivity contribution in [2.75, 3.05) is 6.26 Å². The van der Waals surface area contributed by atoms with Crippen LogP contribution in [0.3, 0.4) is 0 Å². The lowest BCUT2D eigenvalue weighted by atomic mass is 9.88. The van der Waals surface area contributed by atoms with Gasteiger partial charge in [-0.3, -0.25) is 9.59 Å². The lowest BCUT2D eigenvalue weighted by molar-refractivity contribution is -0.159. The summed E-state index contributed by atoms with van der Waals surface area (Å²) >= 11 is 1.09. The van der Waals surface area contributed by atoms with Crippen molar-refractivity contribution in [3.63, 3.8) is 0 Å². The summed E-state index contributed by atoms with van der Waals surface area (Å²) in [5, 5.41) is 8.60. The highest BCUT2D eigenvalue weighted by Gasteiger charge is 2.47. The zero-order valence-corrected chi connectivity index (χ0v) is 14.1. The van der Waals surface area contributed by atoms with E-state index >= 15 is 0 Å². The number of carbonyl (C=O) groups excluding carboxylic acids is 1. The van der Waals surface area contributed by atoms with Crippen LogP contribution in [-0.2, 0) is 20.7 Å². The van der Waals surface area contributed by atoms with Crippen LogP contribution in [0.25, 0.3) is 0 Å². The number of nitrogens with two attached hydrogens (primary N) is 1. The van der Waals surface area contributed by atoms with Gasteiger partial charge in [-0.05, 0) is 32.6 Å². The van der Waals surface area contributed by atoms with E-state index in [0.29, 0.717) is 0 Å². The van der Waals surface area contributed by atoms with Gasteiger partial charge in [-0.1, -0.05) is 30.3 Å². The van der Waals surface area contributed by atoms with Gasteiger partial charge in [0.05, 0.1) is 0 Å². The number of thioether (sulfide) groups is 1. The third-order valence-corrected chi connectivity index (χ3v) is 4.15. The van der Waals surface area contributed by atoms with E-state index in [0.717, 1.165) is 17.3 Å². The van der Waals surface area contributed by atoms with Crippen LogP contribution in [0.1, 0.15) is 26.3 Å². The molecule has 0 amide bonds. The van der Waals surface area contributed by atoms with Crippen molar-refractivity contribution in [3.8, 4) is 0 Å². The van der Waals surface area contributed by atoms with E-state index in [-0.39, 0.29) is 6.42 Å². The zero-order chi connectivity index (χ0) is 17.0. The number of ether oxygens (including phenoxy) is 1. The van der Waals surface area contributed by atoms with Gasteiger partial charge in [0, 0.05) is 6.42 Å². The smallest absolute Gasteiger partial charge is 0.325 e. The van der Waals surface area contributed by atoms with E-state index < -0.39 is 28.3 Å². The van der Waals surface area contributed by atoms with Crippen molar-refractivity contribution in [1.82, 2.24) is 0 Å². The molecular weight excluding hydrogens is 302 g/mol. The van der Waals surface area contributed by atoms with E-state index in [4.69, 9.17) is 10.5 Å². The van der Waals surface area contributed by atoms with Crippen molar-refractivity contribution in [2.45, 2.75) is 43.6 Å². The SMILES string of the molecule is CSC(C(=O)OC(C)(C)C)C(N)(Cc1ccccc1)C(=O)O. The number of hydrogen-bond acceptors (Lipinski definition) is 5. The minimum Gasteiger partial charge on any atom is -0.480 e. The van der Waals surface area contributed by atoms with Gasteiger partial charge in [0.1, 0.15) is 16.4 Å². The van der Waals surface area contributed by atoms with Gasteiger partial charge in [-0.15, -0.1) is 11.8 Å². The third-order valence-electron chi connectivity index (χ3n) is 3.06. The second kappa shape index (κ2) is 7.15. The van der Waals surface area contributed by atoms with E-state index in [1.807, 2.05) is 6.07 Å². The standard InChI is InChI=1S/C16H23NO4S/c1-15(2,3)21-13(18)12(22-4)16(17,14(19)20)10-11-8-6-5-7-9-11/h5-9,12H,10,17H2,1-4H3,(H,19,20). The van der Waals surface area contributed by atoms with Gasteiger partial charge in [-0.2, -0.15) is 0 Å². The Labute approximate surface area is 135 Å². The summed E-state index contributed by atoms with van der Waals surface area (Å²) in [5.74, 6) is -1.83. The quantitative estimate of drug-likeness (QED) is 0.778. The molecule has 1 aromatic rings. The molecule has 2 atom stereocenters. The molecule has 1 rings (SSSR count). The first-order valence-electron chi connectivity index (χ1n) is 6.92. The molecule has 0 aliphatic rings. The molecule has 0 radical (unpaired) electrons. The Morgan fingerprint density at radius 1 is 1.27 bits per heavy atom. The van der Waals surface area contributed by atoms with Crippen LogP contribution < -0.4 is 5.73 Å². The number of esters is 1. The van der Waals surface area contributed by atoms with Crippen LogP contribution in [0.2, 0.25) is 0 Å². The molecule has 0 fully saturated rings. The summed E-state index contributed by atoms with van der Waals surface area (Å²) in [6.45, 7) is 5.20. The number of benzene rings is 1. The maximum atomic E-state index is 12.3. The van der Waals surface area contributed by atoms with Crippen LogP contribution in [0, 0.1) is 0 Å². The number of carbonyl (C=O) groups is 2. The molecule has 0 bridgehead atoms. The van der Waals surface area contributed by atoms with E-state index in [1.165, 1.54) is 0 Å². The summed E-state index contributed by atoms with van der Waals surface area (Å²) in [7, 11) is 0. The Hall–Kier alpha value is -1.53. The van der Waals surface area contributed by atoms with Gasteiger partial charge in [0.25, 0.3) is 0 Å². The molecule has 22 heavy (non-hydrogen) atoms. The largest absolute Gasteiger partial charge is 0.480 e. The minimum atomic E-state index is -1.73. The Balaban J connectivity index is 3.09. The summed E-state index contributed by atoms with van der Waals surface area (Å²) in [5.41, 5.74) is 4.46. The lowest BCUT2D eigenvalue weighted by Gasteiger charge is -2.33. The number of carboxylic acid groups (broad SMARTS) is 1. The molecule has 0 aliphatic carbocycles. The Kier molecular flexibility index (Phi) is 6.02. The van der Waals surface area contributed by atoms with Gasteiger partial charge >= 0.3 is 11.9 Å². The van der Waals surface area contributed by atoms with Crippen LogP contribution in [0.5, 0.6) is 0 Å². The van der Waals surface area contributed by atoms with Crippen molar-refractivity contribution >= 4 is 23.7 Å². The maximum Gasteiger partial charge on any atom is 0.325 e. The van der Waals surface area contributed by atoms with E-state index in [2.05, 4.69) is 0 Å². The molecule has 3 N–H and O–H groups in total. The fourth-order valence-electron chi connectivity index (χ4n) is 2.09. The molecule has 0 saturated heterocycles. The average Bonchev–Trinajstić information content (AvgIpc) is 2.38. The van der Waals surface area contributed by atoms with Crippen molar-refractivity contribution in [3.05, 3.63) is 35.9 Å². The summed E-state index contributed by atoms with van der Waals surface area (Å²) in [4.78, 5) is 24.1. The topological polar surface area (TPSA) is 89.6 Å². The Bertz CT molecular complexity index is 527. The van der Waals surface area contributed by atoms with Gasteiger partial charge in [-0.25, -0.2) is 0 Å². The lowest BCUT2D eigenvalue weighted by Crippen LogP contribution is -2.61. The first-order valence-corrected chi connectivity index (χ1v) is 8.21. The molecule has 122 valence electrons. The molecule has 2 unspecified atom stereocenters. The molecule has 0 aliphatic heterocycles. The van der Waals surface area contributed by atoms with E-state index in [1.54, 1.807) is 51.3 Å². The summed E-state index contributed by atoms with van der Waals surface area (Å²) in [6, 6.07) is 9.02. The molecule has 0 saturated carbocycles. The molecule has 6 heteroatoms. The molecule has 0 aromatic heterocycles. The monoisotopic (exact) mass is 325 g/mol. The zero-order valence-electron chi connectivity index (χ0n) is 13.3. The molecule has 0 heterocycles. The molecule has 0 spiro atoms. The van der Waals surface area contributed by atoms with Crippen molar-refractivity contribution in [1.29, 1.82) is 0 Å². The highest BCUT2D eigenvalue weighted by Crippen LogP contribution is 2.27. The minimum absolute atomic E-state index is 0.0495. The highest BCUT2D eigenvalue weighted by atomic mass is 32.2. The second-order valence-electron chi connectivity index (χ2n) is 6.16. The predicted molar refractivity (Wildman–Crippen MR) is 87.8 cm³/mol. The third kappa shape index (κ3) is 4.74. The predicted octanol–water partition coefficient (Wildman–Crippen LogP) is 2.08. The highest BCUT2D eigenvalue weighted by molar-refractivity contribution is 8.00. The van der Waals surface area contributed by atoms with Gasteiger partial charge in [0.15, 0.2) is 0 Å². The molecule has 5 nitrogen and oxygen atoms in total. The van der Waals surface area contributed by atoms with Crippen LogP contribution in [0.15, 0.2) is 30.3 Å². The summed E-state index contributed by atoms with van der Waals surface area (Å²) < 4.78 is 5.32. The first kappa shape index (κ1) is 18.5. The summed E-state index contributed by atoms with van der Waals surface area (Å²) in [6.07, 6.45) is 1.71. The number of aliphatic carboxylic acids is 1. The molecular formula is C16H23NO4S. The Morgan fingerprint density at radius 2 is 1.82 bits per heavy atom. The second-order valence-corrected chi connectivity index (χ2v) is 7.10. The first-order chi connectivity index (χ1) is 10.1. The van der Waals surface area contributed by atoms with Gasteiger partial charge < -0.3 is 15.6 Å². The fraction of sp³-hybridized carbons (Fsp3) is 0.500. The van der Waals surface area contributed by atoms with Crippen LogP contribution in [0.4, 0.5) is 0 Å². The Morgan fingerprint density at radius 3 is 2.23 bits per heavy atom. The van der Waals surface area contributed by atoms with E-state index in [9.17, 15) is 14.7 Å². The maximum absolute atomic E-state index is 12.3. The number of carboxylic acids is 1. The number of rotatable bonds is 6. The van der Waals surface area contributed by atoms with Crippen LogP contribution in [-0.4, -0.2) is 39.7 Å². The van der Waals surface area contributed by atoms with Crippen molar-refractivity contribution in [2.24, 2.45) is 5.73 Å². The van der Waals surface area contributed by atoms with Crippen molar-refractivity contribution < 1.29 is 19.4 Å². The van der Waals surface area contributed by atoms with Crippen LogP contribution >= 0.6 is 11.8 Å². The number of hydrogen-bond donors (Lipinski definition) is 2. The molecule has 1 aromatic carbocycles. The fourth-order valence-corrected chi connectivity index (χ4v) is 2.93. The van der Waals surface area contributed by atoms with Gasteiger partial charge in [0.2, 0.25) is 0 Å². The average molecular weight is 325 g/mol.